The number of nitrogens with zero attached hydrogens (tertiary/aromatic N) is 3. The third-order valence-corrected chi connectivity index (χ3v) is 3.25. The first-order chi connectivity index (χ1) is 8.95. The second-order valence-electron chi connectivity index (χ2n) is 4.28. The zero-order valence-corrected chi connectivity index (χ0v) is 12.3. The minimum atomic E-state index is -0.508. The molecule has 2 heterocycles. The van der Waals surface area contributed by atoms with E-state index < -0.39 is 5.97 Å². The summed E-state index contributed by atoms with van der Waals surface area (Å²) in [7, 11) is 0. The van der Waals surface area contributed by atoms with E-state index in [1.807, 2.05) is 13.8 Å². The molecule has 102 valence electrons. The van der Waals surface area contributed by atoms with Crippen LogP contribution in [0.25, 0.3) is 5.65 Å². The molecule has 5 nitrogen and oxygen atoms in total. The third kappa shape index (κ3) is 2.53. The van der Waals surface area contributed by atoms with Gasteiger partial charge in [-0.05, 0) is 12.8 Å². The standard InChI is InChI=1S/C12H13Cl2N3O2/c1-4-19-12(18)7-5-8-15-10(13)9(6(2)3)11(14)17(8)16-7/h5-6H,4H2,1-3H3. The van der Waals surface area contributed by atoms with Crippen molar-refractivity contribution in [3.63, 3.8) is 0 Å². The first-order valence-corrected chi connectivity index (χ1v) is 6.63. The minimum absolute atomic E-state index is 0.104. The molecule has 0 atom stereocenters. The van der Waals surface area contributed by atoms with Crippen LogP contribution < -0.4 is 0 Å². The summed E-state index contributed by atoms with van der Waals surface area (Å²) in [5, 5.41) is 4.79. The summed E-state index contributed by atoms with van der Waals surface area (Å²) >= 11 is 12.4. The summed E-state index contributed by atoms with van der Waals surface area (Å²) in [6, 6.07) is 1.50. The van der Waals surface area contributed by atoms with Gasteiger partial charge in [-0.15, -0.1) is 0 Å². The molecule has 0 amide bonds. The van der Waals surface area contributed by atoms with Gasteiger partial charge >= 0.3 is 5.97 Å². The van der Waals surface area contributed by atoms with Crippen LogP contribution in [0.3, 0.4) is 0 Å². The maximum absolute atomic E-state index is 11.6. The van der Waals surface area contributed by atoms with Gasteiger partial charge in [0.25, 0.3) is 0 Å². The molecular weight excluding hydrogens is 289 g/mol. The average molecular weight is 302 g/mol. The van der Waals surface area contributed by atoms with Gasteiger partial charge in [-0.3, -0.25) is 0 Å². The molecule has 0 radical (unpaired) electrons. The van der Waals surface area contributed by atoms with Crippen LogP contribution in [0.4, 0.5) is 0 Å². The Labute approximate surface area is 120 Å². The molecule has 0 aliphatic heterocycles. The number of esters is 1. The van der Waals surface area contributed by atoms with Crippen molar-refractivity contribution in [2.24, 2.45) is 0 Å². The van der Waals surface area contributed by atoms with E-state index in [-0.39, 0.29) is 18.2 Å². The van der Waals surface area contributed by atoms with E-state index in [0.717, 1.165) is 0 Å². The molecule has 0 spiro atoms. The van der Waals surface area contributed by atoms with Gasteiger partial charge in [0, 0.05) is 11.6 Å². The van der Waals surface area contributed by atoms with Crippen molar-refractivity contribution >= 4 is 34.8 Å². The number of carbonyl (C=O) groups excluding carboxylic acids is 1. The molecule has 0 aliphatic carbocycles. The fourth-order valence-corrected chi connectivity index (χ4v) is 2.61. The normalized spacial score (nSPS) is 11.3. The summed E-state index contributed by atoms with van der Waals surface area (Å²) in [6.45, 7) is 5.92. The number of hydrogen-bond acceptors (Lipinski definition) is 4. The van der Waals surface area contributed by atoms with E-state index in [1.54, 1.807) is 6.92 Å². The van der Waals surface area contributed by atoms with Crippen molar-refractivity contribution in [3.8, 4) is 0 Å². The topological polar surface area (TPSA) is 56.5 Å². The second-order valence-corrected chi connectivity index (χ2v) is 5.00. The maximum atomic E-state index is 11.6. The Morgan fingerprint density at radius 2 is 2.16 bits per heavy atom. The Morgan fingerprint density at radius 1 is 1.47 bits per heavy atom. The predicted octanol–water partition coefficient (Wildman–Crippen LogP) is 3.34. The molecular formula is C12H13Cl2N3O2. The van der Waals surface area contributed by atoms with Gasteiger partial charge in [0.05, 0.1) is 6.61 Å². The number of hydrogen-bond donors (Lipinski definition) is 0. The summed E-state index contributed by atoms with van der Waals surface area (Å²) in [4.78, 5) is 15.8. The first kappa shape index (κ1) is 14.1. The van der Waals surface area contributed by atoms with Gasteiger partial charge in [0.2, 0.25) is 0 Å². The highest BCUT2D eigenvalue weighted by Crippen LogP contribution is 2.30. The van der Waals surface area contributed by atoms with E-state index in [4.69, 9.17) is 27.9 Å². The van der Waals surface area contributed by atoms with E-state index in [2.05, 4.69) is 10.1 Å². The monoisotopic (exact) mass is 301 g/mol. The number of halogens is 2. The van der Waals surface area contributed by atoms with Crippen molar-refractivity contribution < 1.29 is 9.53 Å². The highest BCUT2D eigenvalue weighted by molar-refractivity contribution is 6.35. The molecule has 19 heavy (non-hydrogen) atoms. The quantitative estimate of drug-likeness (QED) is 0.644. The van der Waals surface area contributed by atoms with Crippen molar-refractivity contribution in [2.75, 3.05) is 6.61 Å². The molecule has 0 aromatic carbocycles. The fraction of sp³-hybridized carbons (Fsp3) is 0.417. The van der Waals surface area contributed by atoms with E-state index in [1.165, 1.54) is 10.6 Å². The van der Waals surface area contributed by atoms with Crippen LogP contribution in [0.5, 0.6) is 0 Å². The zero-order chi connectivity index (χ0) is 14.2. The molecule has 0 aliphatic rings. The second kappa shape index (κ2) is 5.35. The smallest absolute Gasteiger partial charge is 0.358 e. The number of ether oxygens (including phenoxy) is 1. The lowest BCUT2D eigenvalue weighted by Crippen LogP contribution is -2.06. The maximum Gasteiger partial charge on any atom is 0.358 e. The molecule has 0 N–H and O–H groups in total. The SMILES string of the molecule is CCOC(=O)c1cc2nc(Cl)c(C(C)C)c(Cl)n2n1. The molecule has 2 aromatic rings. The largest absolute Gasteiger partial charge is 0.461 e. The van der Waals surface area contributed by atoms with E-state index >= 15 is 0 Å². The van der Waals surface area contributed by atoms with Gasteiger partial charge in [-0.1, -0.05) is 37.0 Å². The van der Waals surface area contributed by atoms with Crippen LogP contribution in [-0.4, -0.2) is 27.2 Å². The summed E-state index contributed by atoms with van der Waals surface area (Å²) in [5.41, 5.74) is 1.28. The van der Waals surface area contributed by atoms with Crippen molar-refractivity contribution in [3.05, 3.63) is 27.6 Å². The Kier molecular flexibility index (Phi) is 3.96. The molecule has 0 bridgehead atoms. The number of rotatable bonds is 3. The fourth-order valence-electron chi connectivity index (χ4n) is 1.74. The highest BCUT2D eigenvalue weighted by Gasteiger charge is 2.19. The van der Waals surface area contributed by atoms with Gasteiger partial charge < -0.3 is 4.74 Å². The minimum Gasteiger partial charge on any atom is -0.461 e. The number of aromatic nitrogens is 3. The summed E-state index contributed by atoms with van der Waals surface area (Å²) in [6.07, 6.45) is 0. The lowest BCUT2D eigenvalue weighted by molar-refractivity contribution is 0.0519. The molecule has 0 unspecified atom stereocenters. The van der Waals surface area contributed by atoms with Crippen molar-refractivity contribution in [2.45, 2.75) is 26.7 Å². The summed E-state index contributed by atoms with van der Waals surface area (Å²) < 4.78 is 6.28. The highest BCUT2D eigenvalue weighted by atomic mass is 35.5. The molecule has 2 aromatic heterocycles. The van der Waals surface area contributed by atoms with Gasteiger partial charge in [-0.2, -0.15) is 5.10 Å². The lowest BCUT2D eigenvalue weighted by Gasteiger charge is -2.10. The number of fused-ring (bicyclic) bond motifs is 1. The molecule has 0 saturated carbocycles. The third-order valence-electron chi connectivity index (χ3n) is 2.60. The zero-order valence-electron chi connectivity index (χ0n) is 10.8. The molecule has 2 rings (SSSR count). The van der Waals surface area contributed by atoms with Crippen molar-refractivity contribution in [1.82, 2.24) is 14.6 Å². The average Bonchev–Trinajstić information content (AvgIpc) is 2.72. The lowest BCUT2D eigenvalue weighted by atomic mass is 10.1. The molecule has 0 saturated heterocycles. The number of carbonyl (C=O) groups is 1. The Bertz CT molecular complexity index is 637. The molecule has 0 fully saturated rings. The van der Waals surface area contributed by atoms with E-state index in [9.17, 15) is 4.79 Å². The van der Waals surface area contributed by atoms with E-state index in [0.29, 0.717) is 21.5 Å². The Hall–Kier alpha value is -1.33. The van der Waals surface area contributed by atoms with Gasteiger partial charge in [0.15, 0.2) is 11.3 Å². The van der Waals surface area contributed by atoms with Crippen molar-refractivity contribution in [1.29, 1.82) is 0 Å². The van der Waals surface area contributed by atoms with Crippen LogP contribution in [-0.2, 0) is 4.74 Å². The molecule has 7 heteroatoms. The predicted molar refractivity (Wildman–Crippen MR) is 73.1 cm³/mol. The first-order valence-electron chi connectivity index (χ1n) is 5.87. The Morgan fingerprint density at radius 3 is 2.74 bits per heavy atom. The van der Waals surface area contributed by atoms with Crippen LogP contribution in [0, 0.1) is 0 Å². The Balaban J connectivity index is 2.60. The van der Waals surface area contributed by atoms with Crippen LogP contribution in [0.15, 0.2) is 6.07 Å². The van der Waals surface area contributed by atoms with Gasteiger partial charge in [0.1, 0.15) is 10.3 Å². The van der Waals surface area contributed by atoms with Crippen LogP contribution >= 0.6 is 23.2 Å². The summed E-state index contributed by atoms with van der Waals surface area (Å²) in [5.74, 6) is -0.404. The van der Waals surface area contributed by atoms with Crippen LogP contribution in [0.1, 0.15) is 42.7 Å². The van der Waals surface area contributed by atoms with Gasteiger partial charge in [-0.25, -0.2) is 14.3 Å². The van der Waals surface area contributed by atoms with Crippen LogP contribution in [0.2, 0.25) is 10.3 Å².